The van der Waals surface area contributed by atoms with Gasteiger partial charge in [-0.15, -0.1) is 0 Å². The van der Waals surface area contributed by atoms with Crippen LogP contribution in [0.3, 0.4) is 0 Å². The van der Waals surface area contributed by atoms with E-state index < -0.39 is 0 Å². The molecule has 0 heterocycles. The highest BCUT2D eigenvalue weighted by Crippen LogP contribution is 2.67. The molecule has 4 fully saturated rings. The van der Waals surface area contributed by atoms with Gasteiger partial charge >= 0.3 is 0 Å². The Kier molecular flexibility index (Phi) is 3.51. The van der Waals surface area contributed by atoms with Crippen molar-refractivity contribution >= 4 is 5.78 Å². The minimum atomic E-state index is 0.351. The molecule has 4 rings (SSSR count). The fraction of sp³-hybridized carbons (Fsp3) is 0.952. The zero-order valence-corrected chi connectivity index (χ0v) is 14.9. The summed E-state index contributed by atoms with van der Waals surface area (Å²) in [6, 6.07) is 0. The van der Waals surface area contributed by atoms with Gasteiger partial charge in [0, 0.05) is 12.3 Å². The van der Waals surface area contributed by atoms with Crippen molar-refractivity contribution in [3.63, 3.8) is 0 Å². The van der Waals surface area contributed by atoms with Gasteiger partial charge in [-0.25, -0.2) is 0 Å². The Morgan fingerprint density at radius 2 is 1.73 bits per heavy atom. The molecule has 4 saturated carbocycles. The summed E-state index contributed by atoms with van der Waals surface area (Å²) in [6.45, 7) is 7.46. The van der Waals surface area contributed by atoms with Crippen LogP contribution in [-0.2, 0) is 4.79 Å². The number of carbonyl (C=O) groups is 1. The van der Waals surface area contributed by atoms with Crippen molar-refractivity contribution in [1.82, 2.24) is 0 Å². The number of rotatable bonds is 1. The molecule has 1 nitrogen and oxygen atoms in total. The maximum absolute atomic E-state index is 12.9. The van der Waals surface area contributed by atoms with Gasteiger partial charge in [0.1, 0.15) is 5.78 Å². The van der Waals surface area contributed by atoms with Gasteiger partial charge in [-0.05, 0) is 73.0 Å². The molecule has 0 aliphatic heterocycles. The van der Waals surface area contributed by atoms with E-state index in [1.165, 1.54) is 57.8 Å². The lowest BCUT2D eigenvalue weighted by Crippen LogP contribution is -2.55. The quantitative estimate of drug-likeness (QED) is 0.614. The third-order valence-corrected chi connectivity index (χ3v) is 9.05. The summed E-state index contributed by atoms with van der Waals surface area (Å²) >= 11 is 0. The minimum Gasteiger partial charge on any atom is -0.299 e. The third kappa shape index (κ3) is 1.86. The first-order valence-corrected chi connectivity index (χ1v) is 10.0. The lowest BCUT2D eigenvalue weighted by atomic mass is 9.44. The van der Waals surface area contributed by atoms with Crippen molar-refractivity contribution in [2.45, 2.75) is 85.0 Å². The summed E-state index contributed by atoms with van der Waals surface area (Å²) in [7, 11) is 0. The minimum absolute atomic E-state index is 0.351. The van der Waals surface area contributed by atoms with Gasteiger partial charge in [-0.3, -0.25) is 4.79 Å². The van der Waals surface area contributed by atoms with E-state index in [2.05, 4.69) is 20.8 Å². The molecule has 0 radical (unpaired) electrons. The molecule has 1 unspecified atom stereocenters. The van der Waals surface area contributed by atoms with Crippen LogP contribution in [0, 0.1) is 40.4 Å². The molecule has 0 N–H and O–H groups in total. The van der Waals surface area contributed by atoms with E-state index >= 15 is 0 Å². The number of carbonyl (C=O) groups excluding carboxylic acids is 1. The molecular weight excluding hydrogens is 268 g/mol. The molecule has 0 saturated heterocycles. The lowest BCUT2D eigenvalue weighted by molar-refractivity contribution is -0.153. The Hall–Kier alpha value is -0.330. The van der Waals surface area contributed by atoms with Crippen LogP contribution in [0.15, 0.2) is 0 Å². The molecule has 1 heteroatoms. The Morgan fingerprint density at radius 1 is 0.955 bits per heavy atom. The highest BCUT2D eigenvalue weighted by molar-refractivity contribution is 5.83. The maximum atomic E-state index is 12.9. The van der Waals surface area contributed by atoms with Crippen LogP contribution >= 0.6 is 0 Å². The van der Waals surface area contributed by atoms with Crippen LogP contribution in [0.4, 0.5) is 0 Å². The van der Waals surface area contributed by atoms with Crippen LogP contribution in [0.25, 0.3) is 0 Å². The Labute approximate surface area is 136 Å². The van der Waals surface area contributed by atoms with E-state index in [-0.39, 0.29) is 0 Å². The number of hydrogen-bond acceptors (Lipinski definition) is 1. The molecule has 0 aromatic rings. The predicted molar refractivity (Wildman–Crippen MR) is 90.5 cm³/mol. The maximum Gasteiger partial charge on any atom is 0.136 e. The van der Waals surface area contributed by atoms with Crippen molar-refractivity contribution in [2.75, 3.05) is 0 Å². The second-order valence-corrected chi connectivity index (χ2v) is 9.58. The fourth-order valence-electron chi connectivity index (χ4n) is 7.88. The largest absolute Gasteiger partial charge is 0.299 e. The molecule has 4 aliphatic carbocycles. The average molecular weight is 303 g/mol. The smallest absolute Gasteiger partial charge is 0.136 e. The molecule has 0 aromatic heterocycles. The Bertz CT molecular complexity index is 469. The number of hydrogen-bond donors (Lipinski definition) is 0. The predicted octanol–water partition coefficient (Wildman–Crippen LogP) is 5.62. The van der Waals surface area contributed by atoms with Crippen molar-refractivity contribution in [2.24, 2.45) is 40.4 Å². The zero-order valence-electron chi connectivity index (χ0n) is 14.9. The van der Waals surface area contributed by atoms with Crippen molar-refractivity contribution in [3.05, 3.63) is 0 Å². The molecule has 0 aromatic carbocycles. The van der Waals surface area contributed by atoms with E-state index in [4.69, 9.17) is 0 Å². The van der Waals surface area contributed by atoms with Gasteiger partial charge in [0.2, 0.25) is 0 Å². The van der Waals surface area contributed by atoms with Crippen LogP contribution in [-0.4, -0.2) is 5.78 Å². The monoisotopic (exact) mass is 302 g/mol. The van der Waals surface area contributed by atoms with E-state index in [0.29, 0.717) is 22.5 Å². The first kappa shape index (κ1) is 15.2. The summed E-state index contributed by atoms with van der Waals surface area (Å²) in [6.07, 6.45) is 13.1. The average Bonchev–Trinajstić information content (AvgIpc) is 2.84. The second-order valence-electron chi connectivity index (χ2n) is 9.58. The van der Waals surface area contributed by atoms with Crippen LogP contribution < -0.4 is 0 Å². The summed E-state index contributed by atoms with van der Waals surface area (Å²) in [4.78, 5) is 12.9. The standard InChI is InChI=1S/C21H34O/c1-4-14-8-9-16-15-13-19(22)18-7-5-6-11-21(18,3)17(15)10-12-20(14,16)2/h14-18H,4-13H2,1-3H3/t14-,15-,16-,17-,18?,20+,21+/m0/s1. The normalized spacial score (nSPS) is 54.5. The van der Waals surface area contributed by atoms with Gasteiger partial charge in [0.15, 0.2) is 0 Å². The van der Waals surface area contributed by atoms with E-state index in [9.17, 15) is 4.79 Å². The van der Waals surface area contributed by atoms with Gasteiger partial charge in [0.05, 0.1) is 0 Å². The summed E-state index contributed by atoms with van der Waals surface area (Å²) in [5.74, 6) is 4.40. The Morgan fingerprint density at radius 3 is 2.50 bits per heavy atom. The fourth-order valence-corrected chi connectivity index (χ4v) is 7.88. The molecule has 22 heavy (non-hydrogen) atoms. The summed E-state index contributed by atoms with van der Waals surface area (Å²) in [5.41, 5.74) is 0.901. The molecule has 4 aliphatic rings. The SMILES string of the molecule is CC[C@H]1CC[C@H]2[C@@H]3CC(=O)C4CCCC[C@]4(C)[C@H]3CC[C@]12C. The van der Waals surface area contributed by atoms with Crippen LogP contribution in [0.2, 0.25) is 0 Å². The summed E-state index contributed by atoms with van der Waals surface area (Å²) < 4.78 is 0. The first-order chi connectivity index (χ1) is 10.5. The van der Waals surface area contributed by atoms with E-state index in [0.717, 1.165) is 30.1 Å². The van der Waals surface area contributed by atoms with E-state index in [1.54, 1.807) is 0 Å². The third-order valence-electron chi connectivity index (χ3n) is 9.05. The van der Waals surface area contributed by atoms with Crippen molar-refractivity contribution in [3.8, 4) is 0 Å². The second kappa shape index (κ2) is 5.08. The molecule has 0 bridgehead atoms. The number of fused-ring (bicyclic) bond motifs is 5. The zero-order chi connectivity index (χ0) is 15.5. The highest BCUT2D eigenvalue weighted by atomic mass is 16.1. The highest BCUT2D eigenvalue weighted by Gasteiger charge is 2.61. The Balaban J connectivity index is 1.67. The van der Waals surface area contributed by atoms with Crippen molar-refractivity contribution in [1.29, 1.82) is 0 Å². The van der Waals surface area contributed by atoms with Gasteiger partial charge in [0.25, 0.3) is 0 Å². The molecule has 124 valence electrons. The van der Waals surface area contributed by atoms with Gasteiger partial charge in [-0.2, -0.15) is 0 Å². The number of Topliss-reactive ketones (excluding diaryl/α,β-unsaturated/α-hetero) is 1. The van der Waals surface area contributed by atoms with Crippen LogP contribution in [0.1, 0.15) is 85.0 Å². The molecular formula is C21H34O. The topological polar surface area (TPSA) is 17.1 Å². The lowest BCUT2D eigenvalue weighted by Gasteiger charge is -2.59. The van der Waals surface area contributed by atoms with Gasteiger partial charge in [-0.1, -0.05) is 40.0 Å². The molecule has 0 amide bonds. The van der Waals surface area contributed by atoms with E-state index in [1.807, 2.05) is 0 Å². The van der Waals surface area contributed by atoms with Gasteiger partial charge < -0.3 is 0 Å². The van der Waals surface area contributed by atoms with Crippen molar-refractivity contribution < 1.29 is 4.79 Å². The van der Waals surface area contributed by atoms with Crippen LogP contribution in [0.5, 0.6) is 0 Å². The first-order valence-electron chi connectivity index (χ1n) is 10.0. The molecule has 7 atom stereocenters. The summed E-state index contributed by atoms with van der Waals surface area (Å²) in [5, 5.41) is 0. The number of ketones is 1. The molecule has 0 spiro atoms.